The maximum Gasteiger partial charge on any atom is 0.336 e. The largest absolute Gasteiger partial charge is 0.478 e. The summed E-state index contributed by atoms with van der Waals surface area (Å²) in [6.07, 6.45) is 3.03. The summed E-state index contributed by atoms with van der Waals surface area (Å²) in [6, 6.07) is 13.1. The number of carboxylic acids is 1. The molecule has 5 nitrogen and oxygen atoms in total. The lowest BCUT2D eigenvalue weighted by molar-refractivity contribution is 0.0693. The van der Waals surface area contributed by atoms with Crippen LogP contribution in [0.25, 0.3) is 10.8 Å². The first-order chi connectivity index (χ1) is 14.5. The van der Waals surface area contributed by atoms with Crippen LogP contribution in [0.3, 0.4) is 0 Å². The van der Waals surface area contributed by atoms with Gasteiger partial charge in [0.15, 0.2) is 0 Å². The molecule has 1 fully saturated rings. The summed E-state index contributed by atoms with van der Waals surface area (Å²) in [4.78, 5) is 26.3. The van der Waals surface area contributed by atoms with Crippen molar-refractivity contribution in [2.24, 2.45) is 0 Å². The number of benzene rings is 3. The van der Waals surface area contributed by atoms with E-state index in [1.807, 2.05) is 0 Å². The highest BCUT2D eigenvalue weighted by atomic mass is 19.1. The summed E-state index contributed by atoms with van der Waals surface area (Å²) in [5, 5.41) is 13.5. The minimum Gasteiger partial charge on any atom is -0.478 e. The van der Waals surface area contributed by atoms with Gasteiger partial charge in [0.1, 0.15) is 5.82 Å². The molecule has 1 saturated heterocycles. The Hall–Kier alpha value is -3.41. The van der Waals surface area contributed by atoms with Crippen LogP contribution in [0.1, 0.15) is 45.5 Å². The van der Waals surface area contributed by atoms with Gasteiger partial charge in [-0.05, 0) is 62.1 Å². The lowest BCUT2D eigenvalue weighted by Crippen LogP contribution is -2.35. The number of hydrogen-bond acceptors (Lipinski definition) is 3. The van der Waals surface area contributed by atoms with Gasteiger partial charge in [0.2, 0.25) is 0 Å². The highest BCUT2D eigenvalue weighted by Crippen LogP contribution is 2.33. The second kappa shape index (κ2) is 8.14. The Morgan fingerprint density at radius 3 is 2.40 bits per heavy atom. The highest BCUT2D eigenvalue weighted by molar-refractivity contribution is 6.11. The van der Waals surface area contributed by atoms with E-state index < -0.39 is 11.8 Å². The van der Waals surface area contributed by atoms with Gasteiger partial charge in [0.05, 0.1) is 11.1 Å². The van der Waals surface area contributed by atoms with E-state index in [1.54, 1.807) is 54.3 Å². The van der Waals surface area contributed by atoms with Crippen molar-refractivity contribution >= 4 is 34.0 Å². The van der Waals surface area contributed by atoms with Crippen LogP contribution in [0.5, 0.6) is 0 Å². The zero-order chi connectivity index (χ0) is 21.3. The maximum absolute atomic E-state index is 14.9. The highest BCUT2D eigenvalue weighted by Gasteiger charge is 2.22. The van der Waals surface area contributed by atoms with Crippen LogP contribution >= 0.6 is 0 Å². The molecule has 3 aromatic carbocycles. The van der Waals surface area contributed by atoms with Gasteiger partial charge in [-0.15, -0.1) is 0 Å². The van der Waals surface area contributed by atoms with E-state index in [0.717, 1.165) is 19.3 Å². The Morgan fingerprint density at radius 1 is 0.933 bits per heavy atom. The molecule has 4 rings (SSSR count). The van der Waals surface area contributed by atoms with Gasteiger partial charge in [0, 0.05) is 35.2 Å². The van der Waals surface area contributed by atoms with Gasteiger partial charge in [-0.1, -0.05) is 18.2 Å². The minimum atomic E-state index is -1.01. The zero-order valence-corrected chi connectivity index (χ0v) is 16.7. The lowest BCUT2D eigenvalue weighted by atomic mass is 9.99. The Bertz CT molecular complexity index is 1140. The minimum absolute atomic E-state index is 0.152. The smallest absolute Gasteiger partial charge is 0.336 e. The summed E-state index contributed by atoms with van der Waals surface area (Å²) in [5.41, 5.74) is 2.38. The Balaban J connectivity index is 1.78. The molecule has 1 aliphatic heterocycles. The standard InChI is InChI=1S/C24H23FN2O3/c1-15-16(24(29)30)7-6-10-20(15)26-21-12-11-18(22-17(21)8-5-9-19(22)25)23(28)27-13-3-2-4-14-27/h5-12,26H,2-4,13-14H2,1H3,(H,29,30). The van der Waals surface area contributed by atoms with Crippen LogP contribution in [0.2, 0.25) is 0 Å². The number of carbonyl (C=O) groups is 2. The lowest BCUT2D eigenvalue weighted by Gasteiger charge is -2.27. The van der Waals surface area contributed by atoms with Crippen molar-refractivity contribution in [2.45, 2.75) is 26.2 Å². The molecule has 2 N–H and O–H groups in total. The molecule has 1 heterocycles. The second-order valence-corrected chi connectivity index (χ2v) is 7.58. The molecule has 3 aromatic rings. The average molecular weight is 406 g/mol. The number of rotatable bonds is 4. The second-order valence-electron chi connectivity index (χ2n) is 7.58. The number of likely N-dealkylation sites (tertiary alicyclic amines) is 1. The summed E-state index contributed by atoms with van der Waals surface area (Å²) in [5.74, 6) is -1.61. The fourth-order valence-corrected chi connectivity index (χ4v) is 4.06. The van der Waals surface area contributed by atoms with E-state index in [9.17, 15) is 19.1 Å². The number of halogens is 1. The molecule has 0 spiro atoms. The first-order valence-electron chi connectivity index (χ1n) is 10.1. The molecule has 1 amide bonds. The monoisotopic (exact) mass is 406 g/mol. The van der Waals surface area contributed by atoms with Gasteiger partial charge in [0.25, 0.3) is 5.91 Å². The van der Waals surface area contributed by atoms with Gasteiger partial charge in [-0.25, -0.2) is 9.18 Å². The van der Waals surface area contributed by atoms with E-state index in [-0.39, 0.29) is 16.9 Å². The third-order valence-corrected chi connectivity index (χ3v) is 5.70. The molecule has 154 valence electrons. The maximum atomic E-state index is 14.9. The van der Waals surface area contributed by atoms with Gasteiger partial charge in [-0.3, -0.25) is 4.79 Å². The fourth-order valence-electron chi connectivity index (χ4n) is 4.06. The van der Waals surface area contributed by atoms with E-state index in [0.29, 0.717) is 41.0 Å². The molecule has 0 radical (unpaired) electrons. The number of nitrogens with one attached hydrogen (secondary N) is 1. The van der Waals surface area contributed by atoms with Crippen LogP contribution < -0.4 is 5.32 Å². The number of amides is 1. The predicted molar refractivity (Wildman–Crippen MR) is 115 cm³/mol. The molecule has 6 heteroatoms. The van der Waals surface area contributed by atoms with E-state index >= 15 is 0 Å². The molecule has 0 aliphatic carbocycles. The van der Waals surface area contributed by atoms with Crippen molar-refractivity contribution in [1.29, 1.82) is 0 Å². The predicted octanol–water partition coefficient (Wildman–Crippen LogP) is 5.36. The summed E-state index contributed by atoms with van der Waals surface area (Å²) in [7, 11) is 0. The number of carboxylic acid groups (broad SMARTS) is 1. The van der Waals surface area contributed by atoms with Crippen LogP contribution in [-0.4, -0.2) is 35.0 Å². The molecule has 0 bridgehead atoms. The van der Waals surface area contributed by atoms with Crippen molar-refractivity contribution < 1.29 is 19.1 Å². The van der Waals surface area contributed by atoms with Crippen LogP contribution in [0.15, 0.2) is 48.5 Å². The Labute approximate surface area is 174 Å². The first kappa shape index (κ1) is 19.9. The van der Waals surface area contributed by atoms with E-state index in [2.05, 4.69) is 5.32 Å². The summed E-state index contributed by atoms with van der Waals surface area (Å²) in [6.45, 7) is 3.11. The van der Waals surface area contributed by atoms with Crippen LogP contribution in [-0.2, 0) is 0 Å². The Morgan fingerprint density at radius 2 is 1.67 bits per heavy atom. The van der Waals surface area contributed by atoms with Crippen molar-refractivity contribution in [3.05, 3.63) is 71.0 Å². The average Bonchev–Trinajstić information content (AvgIpc) is 2.75. The number of nitrogens with zero attached hydrogens (tertiary/aromatic N) is 1. The number of aromatic carboxylic acids is 1. The van der Waals surface area contributed by atoms with Crippen molar-refractivity contribution in [3.8, 4) is 0 Å². The fraction of sp³-hybridized carbons (Fsp3) is 0.250. The van der Waals surface area contributed by atoms with Crippen LogP contribution in [0.4, 0.5) is 15.8 Å². The molecule has 0 atom stereocenters. The zero-order valence-electron chi connectivity index (χ0n) is 16.7. The van der Waals surface area contributed by atoms with Crippen molar-refractivity contribution in [3.63, 3.8) is 0 Å². The molecule has 0 unspecified atom stereocenters. The molecule has 0 aromatic heterocycles. The summed E-state index contributed by atoms with van der Waals surface area (Å²) < 4.78 is 14.9. The van der Waals surface area contributed by atoms with Crippen LogP contribution in [0, 0.1) is 12.7 Å². The SMILES string of the molecule is Cc1c(Nc2ccc(C(=O)N3CCCCC3)c3c(F)cccc23)cccc1C(=O)O. The van der Waals surface area contributed by atoms with E-state index in [4.69, 9.17) is 0 Å². The van der Waals surface area contributed by atoms with Crippen molar-refractivity contribution in [2.75, 3.05) is 18.4 Å². The Kier molecular flexibility index (Phi) is 5.40. The van der Waals surface area contributed by atoms with Gasteiger partial charge < -0.3 is 15.3 Å². The molecular formula is C24H23FN2O3. The first-order valence-corrected chi connectivity index (χ1v) is 10.1. The number of fused-ring (bicyclic) bond motifs is 1. The third-order valence-electron chi connectivity index (χ3n) is 5.70. The molecular weight excluding hydrogens is 383 g/mol. The van der Waals surface area contributed by atoms with Gasteiger partial charge >= 0.3 is 5.97 Å². The third kappa shape index (κ3) is 3.61. The number of carbonyl (C=O) groups excluding carboxylic acids is 1. The number of hydrogen-bond donors (Lipinski definition) is 2. The quantitative estimate of drug-likeness (QED) is 0.612. The van der Waals surface area contributed by atoms with E-state index in [1.165, 1.54) is 6.07 Å². The molecule has 0 saturated carbocycles. The van der Waals surface area contributed by atoms with Crippen molar-refractivity contribution in [1.82, 2.24) is 4.90 Å². The molecule has 30 heavy (non-hydrogen) atoms. The number of piperidine rings is 1. The van der Waals surface area contributed by atoms with Gasteiger partial charge in [-0.2, -0.15) is 0 Å². The molecule has 1 aliphatic rings. The topological polar surface area (TPSA) is 69.6 Å². The normalized spacial score (nSPS) is 14.0. The number of anilines is 2. The summed E-state index contributed by atoms with van der Waals surface area (Å²) >= 11 is 0.